The summed E-state index contributed by atoms with van der Waals surface area (Å²) in [6, 6.07) is 2.65. The van der Waals surface area contributed by atoms with Crippen LogP contribution in [0, 0.1) is 23.0 Å². The van der Waals surface area contributed by atoms with E-state index < -0.39 is 23.6 Å². The molecule has 1 nitrogen and oxygen atoms in total. The number of halogens is 4. The largest absolute Gasteiger partial charge is 0.266 e. The Morgan fingerprint density at radius 1 is 1.21 bits per heavy atom. The molecule has 0 fully saturated rings. The minimum Gasteiger partial charge on any atom is -0.207 e. The molecule has 0 N–H and O–H groups in total. The first-order chi connectivity index (χ1) is 6.56. The zero-order chi connectivity index (χ0) is 10.7. The summed E-state index contributed by atoms with van der Waals surface area (Å²) in [7, 11) is 0. The number of nitrogens with zero attached hydrogens (tertiary/aromatic N) is 1. The van der Waals surface area contributed by atoms with Crippen molar-refractivity contribution in [3.63, 3.8) is 0 Å². The molecule has 0 aliphatic heterocycles. The van der Waals surface area contributed by atoms with Gasteiger partial charge in [0.15, 0.2) is 0 Å². The minimum absolute atomic E-state index is 0.218. The SMILES string of the molecule is N#CCc1cc(C(F)F)c(F)cc1F. The van der Waals surface area contributed by atoms with Gasteiger partial charge in [-0.3, -0.25) is 0 Å². The topological polar surface area (TPSA) is 23.8 Å². The molecule has 0 bridgehead atoms. The van der Waals surface area contributed by atoms with Gasteiger partial charge in [0.1, 0.15) is 11.6 Å². The lowest BCUT2D eigenvalue weighted by Gasteiger charge is -2.04. The number of nitriles is 1. The Morgan fingerprint density at radius 3 is 2.36 bits per heavy atom. The summed E-state index contributed by atoms with van der Waals surface area (Å²) in [6.07, 6.45) is -3.36. The predicted molar refractivity (Wildman–Crippen MR) is 40.6 cm³/mol. The average Bonchev–Trinajstić information content (AvgIpc) is 2.09. The van der Waals surface area contributed by atoms with Gasteiger partial charge in [0.2, 0.25) is 0 Å². The van der Waals surface area contributed by atoms with Gasteiger partial charge in [-0.25, -0.2) is 17.6 Å². The average molecular weight is 203 g/mol. The molecule has 0 radical (unpaired) electrons. The van der Waals surface area contributed by atoms with Crippen molar-refractivity contribution in [2.45, 2.75) is 12.8 Å². The molecule has 0 aliphatic carbocycles. The lowest BCUT2D eigenvalue weighted by Crippen LogP contribution is -1.97. The Hall–Kier alpha value is -1.57. The molecule has 0 saturated carbocycles. The number of hydrogen-bond donors (Lipinski definition) is 0. The van der Waals surface area contributed by atoms with Gasteiger partial charge < -0.3 is 0 Å². The fraction of sp³-hybridized carbons (Fsp3) is 0.222. The fourth-order valence-corrected chi connectivity index (χ4v) is 1.00. The van der Waals surface area contributed by atoms with Crippen LogP contribution in [-0.2, 0) is 6.42 Å². The highest BCUT2D eigenvalue weighted by Gasteiger charge is 2.16. The summed E-state index contributed by atoms with van der Waals surface area (Å²) in [4.78, 5) is 0. The van der Waals surface area contributed by atoms with Crippen molar-refractivity contribution in [3.8, 4) is 6.07 Å². The fourth-order valence-electron chi connectivity index (χ4n) is 1.00. The van der Waals surface area contributed by atoms with Crippen LogP contribution in [0.25, 0.3) is 0 Å². The van der Waals surface area contributed by atoms with Crippen LogP contribution in [0.15, 0.2) is 12.1 Å². The van der Waals surface area contributed by atoms with Gasteiger partial charge in [-0.15, -0.1) is 0 Å². The van der Waals surface area contributed by atoms with Crippen LogP contribution in [0.2, 0.25) is 0 Å². The van der Waals surface area contributed by atoms with Crippen LogP contribution in [0.5, 0.6) is 0 Å². The smallest absolute Gasteiger partial charge is 0.207 e. The van der Waals surface area contributed by atoms with Crippen molar-refractivity contribution in [3.05, 3.63) is 34.9 Å². The highest BCUT2D eigenvalue weighted by atomic mass is 19.3. The molecule has 0 spiro atoms. The summed E-state index contributed by atoms with van der Waals surface area (Å²) in [5, 5.41) is 8.25. The van der Waals surface area contributed by atoms with Crippen LogP contribution >= 0.6 is 0 Å². The standard InChI is InChI=1S/C9H5F4N/c10-7-4-8(11)6(9(12)13)3-5(7)1-2-14/h3-4,9H,1H2. The molecule has 14 heavy (non-hydrogen) atoms. The van der Waals surface area contributed by atoms with E-state index >= 15 is 0 Å². The molecule has 5 heteroatoms. The molecule has 0 unspecified atom stereocenters. The van der Waals surface area contributed by atoms with E-state index in [1.54, 1.807) is 6.07 Å². The van der Waals surface area contributed by atoms with Gasteiger partial charge >= 0.3 is 0 Å². The van der Waals surface area contributed by atoms with Crippen molar-refractivity contribution in [2.75, 3.05) is 0 Å². The molecular formula is C9H5F4N. The van der Waals surface area contributed by atoms with Crippen molar-refractivity contribution < 1.29 is 17.6 Å². The maximum Gasteiger partial charge on any atom is 0.266 e. The maximum atomic E-state index is 12.8. The second-order valence-electron chi connectivity index (χ2n) is 2.60. The summed E-state index contributed by atoms with van der Waals surface area (Å²) in [5.41, 5.74) is -1.10. The summed E-state index contributed by atoms with van der Waals surface area (Å²) < 4.78 is 49.8. The highest BCUT2D eigenvalue weighted by molar-refractivity contribution is 5.29. The quantitative estimate of drug-likeness (QED) is 0.678. The highest BCUT2D eigenvalue weighted by Crippen LogP contribution is 2.24. The van der Waals surface area contributed by atoms with Crippen molar-refractivity contribution in [1.29, 1.82) is 5.26 Å². The molecule has 0 heterocycles. The second-order valence-corrected chi connectivity index (χ2v) is 2.60. The van der Waals surface area contributed by atoms with Crippen LogP contribution in [0.3, 0.4) is 0 Å². The van der Waals surface area contributed by atoms with E-state index in [-0.39, 0.29) is 12.0 Å². The van der Waals surface area contributed by atoms with Crippen molar-refractivity contribution in [2.24, 2.45) is 0 Å². The molecule has 0 aromatic heterocycles. The van der Waals surface area contributed by atoms with Gasteiger partial charge in [0.05, 0.1) is 18.1 Å². The lowest BCUT2D eigenvalue weighted by atomic mass is 10.1. The molecule has 0 atom stereocenters. The van der Waals surface area contributed by atoms with Crippen LogP contribution in [0.4, 0.5) is 17.6 Å². The zero-order valence-electron chi connectivity index (χ0n) is 6.90. The third-order valence-electron chi connectivity index (χ3n) is 1.67. The van der Waals surface area contributed by atoms with E-state index in [2.05, 4.69) is 0 Å². The Bertz CT molecular complexity index is 381. The first kappa shape index (κ1) is 10.5. The first-order valence-electron chi connectivity index (χ1n) is 3.69. The van der Waals surface area contributed by atoms with E-state index in [9.17, 15) is 17.6 Å². The number of rotatable bonds is 2. The Kier molecular flexibility index (Phi) is 3.07. The summed E-state index contributed by atoms with van der Waals surface area (Å²) in [5.74, 6) is -2.27. The van der Waals surface area contributed by atoms with Gasteiger partial charge in [-0.05, 0) is 6.07 Å². The van der Waals surface area contributed by atoms with E-state index in [1.807, 2.05) is 0 Å². The van der Waals surface area contributed by atoms with Crippen LogP contribution < -0.4 is 0 Å². The monoisotopic (exact) mass is 203 g/mol. The van der Waals surface area contributed by atoms with Crippen molar-refractivity contribution in [1.82, 2.24) is 0 Å². The number of benzene rings is 1. The Balaban J connectivity index is 3.21. The molecule has 1 rings (SSSR count). The minimum atomic E-state index is -3.01. The number of hydrogen-bond acceptors (Lipinski definition) is 1. The number of alkyl halides is 2. The molecule has 1 aromatic carbocycles. The molecule has 1 aromatic rings. The van der Waals surface area contributed by atoms with Gasteiger partial charge in [0, 0.05) is 11.6 Å². The normalized spacial score (nSPS) is 10.3. The van der Waals surface area contributed by atoms with Crippen molar-refractivity contribution >= 4 is 0 Å². The molecule has 0 aliphatic rings. The van der Waals surface area contributed by atoms with E-state index in [0.29, 0.717) is 12.1 Å². The summed E-state index contributed by atoms with van der Waals surface area (Å²) in [6.45, 7) is 0. The molecular weight excluding hydrogens is 198 g/mol. The predicted octanol–water partition coefficient (Wildman–Crippen LogP) is 2.97. The van der Waals surface area contributed by atoms with E-state index in [1.165, 1.54) is 0 Å². The van der Waals surface area contributed by atoms with Gasteiger partial charge in [-0.1, -0.05) is 0 Å². The third-order valence-corrected chi connectivity index (χ3v) is 1.67. The van der Waals surface area contributed by atoms with Gasteiger partial charge in [-0.2, -0.15) is 5.26 Å². The van der Waals surface area contributed by atoms with Crippen LogP contribution in [-0.4, -0.2) is 0 Å². The third kappa shape index (κ3) is 2.02. The van der Waals surface area contributed by atoms with E-state index in [0.717, 1.165) is 0 Å². The molecule has 0 saturated heterocycles. The summed E-state index contributed by atoms with van der Waals surface area (Å²) >= 11 is 0. The zero-order valence-corrected chi connectivity index (χ0v) is 6.90. The Morgan fingerprint density at radius 2 is 1.86 bits per heavy atom. The van der Waals surface area contributed by atoms with E-state index in [4.69, 9.17) is 5.26 Å². The first-order valence-corrected chi connectivity index (χ1v) is 3.69. The second kappa shape index (κ2) is 4.09. The van der Waals surface area contributed by atoms with Crippen LogP contribution in [0.1, 0.15) is 17.6 Å². The molecule has 0 amide bonds. The maximum absolute atomic E-state index is 12.8. The lowest BCUT2D eigenvalue weighted by molar-refractivity contribution is 0.146. The Labute approximate surface area is 77.6 Å². The molecule has 74 valence electrons. The van der Waals surface area contributed by atoms with Gasteiger partial charge in [0.25, 0.3) is 6.43 Å².